The molecule has 0 unspecified atom stereocenters. The third-order valence-electron chi connectivity index (χ3n) is 1.85. The van der Waals surface area contributed by atoms with Crippen LogP contribution in [-0.4, -0.2) is 36.4 Å². The van der Waals surface area contributed by atoms with E-state index in [2.05, 4.69) is 0 Å². The molecule has 1 rings (SSSR count). The first-order chi connectivity index (χ1) is 5.49. The molecule has 2 N–H and O–H groups in total. The molecule has 5 heteroatoms. The zero-order valence-corrected chi connectivity index (χ0v) is 6.72. The number of carbonyl (C=O) groups is 1. The van der Waals surface area contributed by atoms with E-state index >= 15 is 0 Å². The Balaban J connectivity index is 2.41. The van der Waals surface area contributed by atoms with Gasteiger partial charge in [0.25, 0.3) is 5.92 Å². The van der Waals surface area contributed by atoms with Crippen molar-refractivity contribution in [3.63, 3.8) is 0 Å². The molecular formula is C7H12F2N2O. The van der Waals surface area contributed by atoms with Gasteiger partial charge in [0.2, 0.25) is 5.91 Å². The van der Waals surface area contributed by atoms with Crippen LogP contribution < -0.4 is 5.73 Å². The molecule has 70 valence electrons. The Morgan fingerprint density at radius 3 is 2.75 bits per heavy atom. The average molecular weight is 178 g/mol. The predicted molar refractivity (Wildman–Crippen MR) is 39.8 cm³/mol. The van der Waals surface area contributed by atoms with Crippen molar-refractivity contribution in [2.24, 2.45) is 5.73 Å². The number of piperidine rings is 1. The van der Waals surface area contributed by atoms with Crippen LogP contribution in [0.2, 0.25) is 0 Å². The maximum Gasteiger partial charge on any atom is 0.260 e. The number of halogens is 2. The second kappa shape index (κ2) is 3.35. The second-order valence-electron chi connectivity index (χ2n) is 3.14. The number of likely N-dealkylation sites (tertiary alicyclic amines) is 1. The standard InChI is InChI=1S/C7H12F2N2O/c8-7(9)2-1-3-11(5-7)4-6(10)12/h1-5H2,(H2,10,12). The number of hydrogen-bond donors (Lipinski definition) is 1. The molecule has 1 aliphatic heterocycles. The highest BCUT2D eigenvalue weighted by Gasteiger charge is 2.35. The van der Waals surface area contributed by atoms with E-state index in [1.807, 2.05) is 0 Å². The number of nitrogens with zero attached hydrogens (tertiary/aromatic N) is 1. The summed E-state index contributed by atoms with van der Waals surface area (Å²) in [5.74, 6) is -3.19. The fraction of sp³-hybridized carbons (Fsp3) is 0.857. The first-order valence-electron chi connectivity index (χ1n) is 3.88. The van der Waals surface area contributed by atoms with E-state index in [0.717, 1.165) is 0 Å². The Kier molecular flexibility index (Phi) is 2.62. The van der Waals surface area contributed by atoms with Gasteiger partial charge in [0.1, 0.15) is 0 Å². The summed E-state index contributed by atoms with van der Waals surface area (Å²) in [5.41, 5.74) is 4.89. The Labute approximate surface area is 69.5 Å². The van der Waals surface area contributed by atoms with Crippen molar-refractivity contribution in [2.45, 2.75) is 18.8 Å². The van der Waals surface area contributed by atoms with E-state index in [1.54, 1.807) is 0 Å². The van der Waals surface area contributed by atoms with Gasteiger partial charge in [-0.05, 0) is 13.0 Å². The van der Waals surface area contributed by atoms with Gasteiger partial charge in [-0.25, -0.2) is 8.78 Å². The number of amides is 1. The summed E-state index contributed by atoms with van der Waals surface area (Å²) in [5, 5.41) is 0. The van der Waals surface area contributed by atoms with Crippen molar-refractivity contribution in [2.75, 3.05) is 19.6 Å². The highest BCUT2D eigenvalue weighted by molar-refractivity contribution is 5.75. The van der Waals surface area contributed by atoms with Gasteiger partial charge < -0.3 is 5.73 Å². The highest BCUT2D eigenvalue weighted by atomic mass is 19.3. The third-order valence-corrected chi connectivity index (χ3v) is 1.85. The maximum atomic E-state index is 12.7. The Hall–Kier alpha value is -0.710. The Morgan fingerprint density at radius 2 is 2.25 bits per heavy atom. The molecule has 0 spiro atoms. The lowest BCUT2D eigenvalue weighted by Crippen LogP contribution is -2.45. The quantitative estimate of drug-likeness (QED) is 0.656. The van der Waals surface area contributed by atoms with E-state index in [-0.39, 0.29) is 19.5 Å². The summed E-state index contributed by atoms with van der Waals surface area (Å²) in [6, 6.07) is 0. The molecule has 0 aromatic rings. The summed E-state index contributed by atoms with van der Waals surface area (Å²) in [6.45, 7) is 0.143. The molecule has 0 saturated carbocycles. The first kappa shape index (κ1) is 9.38. The van der Waals surface area contributed by atoms with Gasteiger partial charge >= 0.3 is 0 Å². The Bertz CT molecular complexity index is 184. The van der Waals surface area contributed by atoms with Gasteiger partial charge in [0, 0.05) is 6.42 Å². The molecule has 1 aliphatic rings. The zero-order chi connectivity index (χ0) is 9.19. The lowest BCUT2D eigenvalue weighted by Gasteiger charge is -2.31. The summed E-state index contributed by atoms with van der Waals surface area (Å²) >= 11 is 0. The van der Waals surface area contributed by atoms with Crippen LogP contribution in [0.25, 0.3) is 0 Å². The molecule has 0 radical (unpaired) electrons. The minimum atomic E-state index is -2.65. The predicted octanol–water partition coefficient (Wildman–Crippen LogP) is 0.203. The number of nitrogens with two attached hydrogens (primary N) is 1. The van der Waals surface area contributed by atoms with Crippen molar-refractivity contribution in [1.82, 2.24) is 4.90 Å². The molecule has 1 fully saturated rings. The van der Waals surface area contributed by atoms with Crippen molar-refractivity contribution in [3.05, 3.63) is 0 Å². The fourth-order valence-corrected chi connectivity index (χ4v) is 1.40. The normalized spacial score (nSPS) is 23.8. The van der Waals surface area contributed by atoms with Crippen molar-refractivity contribution in [1.29, 1.82) is 0 Å². The summed E-state index contributed by atoms with van der Waals surface area (Å²) in [6.07, 6.45) is 0.350. The van der Waals surface area contributed by atoms with Gasteiger partial charge in [-0.1, -0.05) is 0 Å². The van der Waals surface area contributed by atoms with Crippen LogP contribution in [0.15, 0.2) is 0 Å². The first-order valence-corrected chi connectivity index (χ1v) is 3.88. The lowest BCUT2D eigenvalue weighted by molar-refractivity contribution is -0.122. The van der Waals surface area contributed by atoms with Gasteiger partial charge in [-0.3, -0.25) is 9.69 Å². The molecule has 0 aromatic carbocycles. The van der Waals surface area contributed by atoms with Gasteiger partial charge in [0.15, 0.2) is 0 Å². The van der Waals surface area contributed by atoms with E-state index in [0.29, 0.717) is 13.0 Å². The van der Waals surface area contributed by atoms with E-state index in [1.165, 1.54) is 4.90 Å². The van der Waals surface area contributed by atoms with Crippen molar-refractivity contribution < 1.29 is 13.6 Å². The smallest absolute Gasteiger partial charge is 0.260 e. The van der Waals surface area contributed by atoms with Crippen LogP contribution in [0.3, 0.4) is 0 Å². The van der Waals surface area contributed by atoms with Gasteiger partial charge in [-0.2, -0.15) is 0 Å². The Morgan fingerprint density at radius 1 is 1.58 bits per heavy atom. The molecular weight excluding hydrogens is 166 g/mol. The number of rotatable bonds is 2. The molecule has 0 atom stereocenters. The van der Waals surface area contributed by atoms with Crippen LogP contribution in [0.5, 0.6) is 0 Å². The number of primary amides is 1. The minimum Gasteiger partial charge on any atom is -0.369 e. The third kappa shape index (κ3) is 2.73. The summed E-state index contributed by atoms with van der Waals surface area (Å²) < 4.78 is 25.4. The minimum absolute atomic E-state index is 0.0599. The fourth-order valence-electron chi connectivity index (χ4n) is 1.40. The van der Waals surface area contributed by atoms with Crippen LogP contribution >= 0.6 is 0 Å². The molecule has 0 aliphatic carbocycles. The van der Waals surface area contributed by atoms with Crippen LogP contribution in [0.1, 0.15) is 12.8 Å². The SMILES string of the molecule is NC(=O)CN1CCCC(F)(F)C1. The molecule has 12 heavy (non-hydrogen) atoms. The summed E-state index contributed by atoms with van der Waals surface area (Å²) in [4.78, 5) is 11.8. The highest BCUT2D eigenvalue weighted by Crippen LogP contribution is 2.25. The largest absolute Gasteiger partial charge is 0.369 e. The number of hydrogen-bond acceptors (Lipinski definition) is 2. The average Bonchev–Trinajstić information content (AvgIpc) is 1.82. The lowest BCUT2D eigenvalue weighted by atomic mass is 10.1. The number of carbonyl (C=O) groups excluding carboxylic acids is 1. The van der Waals surface area contributed by atoms with Gasteiger partial charge in [0.05, 0.1) is 13.1 Å². The molecule has 1 saturated heterocycles. The van der Waals surface area contributed by atoms with E-state index in [9.17, 15) is 13.6 Å². The molecule has 0 aromatic heterocycles. The topological polar surface area (TPSA) is 46.3 Å². The monoisotopic (exact) mass is 178 g/mol. The molecule has 1 amide bonds. The van der Waals surface area contributed by atoms with Crippen molar-refractivity contribution in [3.8, 4) is 0 Å². The molecule has 0 bridgehead atoms. The maximum absolute atomic E-state index is 12.7. The molecule has 1 heterocycles. The molecule has 3 nitrogen and oxygen atoms in total. The zero-order valence-electron chi connectivity index (χ0n) is 6.72. The summed E-state index contributed by atoms with van der Waals surface area (Å²) in [7, 11) is 0. The van der Waals surface area contributed by atoms with Crippen LogP contribution in [0.4, 0.5) is 8.78 Å². The van der Waals surface area contributed by atoms with E-state index < -0.39 is 11.8 Å². The number of alkyl halides is 2. The van der Waals surface area contributed by atoms with Crippen molar-refractivity contribution >= 4 is 5.91 Å². The van der Waals surface area contributed by atoms with Crippen LogP contribution in [-0.2, 0) is 4.79 Å². The second-order valence-corrected chi connectivity index (χ2v) is 3.14. The van der Waals surface area contributed by atoms with E-state index in [4.69, 9.17) is 5.73 Å². The van der Waals surface area contributed by atoms with Gasteiger partial charge in [-0.15, -0.1) is 0 Å². The van der Waals surface area contributed by atoms with Crippen LogP contribution in [0, 0.1) is 0 Å².